The van der Waals surface area contributed by atoms with Gasteiger partial charge in [0.25, 0.3) is 0 Å². The van der Waals surface area contributed by atoms with Crippen LogP contribution in [0.25, 0.3) is 11.3 Å². The van der Waals surface area contributed by atoms with Crippen molar-refractivity contribution < 1.29 is 9.32 Å². The van der Waals surface area contributed by atoms with Gasteiger partial charge in [0.05, 0.1) is 6.54 Å². The topological polar surface area (TPSA) is 58.4 Å². The van der Waals surface area contributed by atoms with Crippen molar-refractivity contribution in [2.24, 2.45) is 0 Å². The van der Waals surface area contributed by atoms with E-state index in [1.165, 1.54) is 0 Å². The number of carbonyl (C=O) groups excluding carboxylic acids is 1. The van der Waals surface area contributed by atoms with E-state index in [-0.39, 0.29) is 5.91 Å². The zero-order valence-corrected chi connectivity index (χ0v) is 16.9. The lowest BCUT2D eigenvalue weighted by atomic mass is 10.1. The van der Waals surface area contributed by atoms with Crippen LogP contribution in [0.3, 0.4) is 0 Å². The summed E-state index contributed by atoms with van der Waals surface area (Å²) in [5.74, 6) is 0.796. The number of rotatable bonds is 8. The number of nitrogens with one attached hydrogen (secondary N) is 1. The summed E-state index contributed by atoms with van der Waals surface area (Å²) in [5.41, 5.74) is 3.52. The van der Waals surface area contributed by atoms with E-state index in [0.29, 0.717) is 11.6 Å². The number of carbonyl (C=O) groups is 1. The van der Waals surface area contributed by atoms with Gasteiger partial charge in [-0.1, -0.05) is 53.2 Å². The SMILES string of the molecule is Cc1c(Cl)cccc1NC(=O)CN(C)CCCc1cc(-c2ccccc2)no1. The molecule has 1 amide bonds. The molecule has 2 aromatic carbocycles. The van der Waals surface area contributed by atoms with Crippen LogP contribution in [0, 0.1) is 6.92 Å². The summed E-state index contributed by atoms with van der Waals surface area (Å²) >= 11 is 6.09. The molecule has 0 spiro atoms. The Morgan fingerprint density at radius 2 is 1.96 bits per heavy atom. The highest BCUT2D eigenvalue weighted by molar-refractivity contribution is 6.31. The first-order valence-electron chi connectivity index (χ1n) is 9.27. The third kappa shape index (κ3) is 5.44. The van der Waals surface area contributed by atoms with E-state index in [1.807, 2.05) is 73.5 Å². The van der Waals surface area contributed by atoms with E-state index in [2.05, 4.69) is 10.5 Å². The van der Waals surface area contributed by atoms with Crippen LogP contribution in [-0.2, 0) is 11.2 Å². The molecule has 1 heterocycles. The summed E-state index contributed by atoms with van der Waals surface area (Å²) in [5, 5.41) is 7.70. The number of hydrogen-bond donors (Lipinski definition) is 1. The number of hydrogen-bond acceptors (Lipinski definition) is 4. The molecular weight excluding hydrogens is 374 g/mol. The van der Waals surface area contributed by atoms with E-state index in [4.69, 9.17) is 16.1 Å². The van der Waals surface area contributed by atoms with Gasteiger partial charge in [-0.15, -0.1) is 0 Å². The molecule has 1 aromatic heterocycles. The lowest BCUT2D eigenvalue weighted by molar-refractivity contribution is -0.117. The molecule has 1 N–H and O–H groups in total. The highest BCUT2D eigenvalue weighted by atomic mass is 35.5. The number of halogens is 1. The third-order valence-corrected chi connectivity index (χ3v) is 4.96. The first kappa shape index (κ1) is 20.1. The second-order valence-corrected chi connectivity index (χ2v) is 7.25. The molecule has 3 rings (SSSR count). The number of benzene rings is 2. The second kappa shape index (κ2) is 9.53. The van der Waals surface area contributed by atoms with E-state index in [9.17, 15) is 4.79 Å². The molecule has 6 heteroatoms. The summed E-state index contributed by atoms with van der Waals surface area (Å²) in [6, 6.07) is 17.4. The summed E-state index contributed by atoms with van der Waals surface area (Å²) in [6.07, 6.45) is 1.66. The molecule has 0 saturated carbocycles. The number of aromatic nitrogens is 1. The minimum Gasteiger partial charge on any atom is -0.361 e. The fraction of sp³-hybridized carbons (Fsp3) is 0.273. The van der Waals surface area contributed by atoms with Crippen molar-refractivity contribution in [1.82, 2.24) is 10.1 Å². The number of anilines is 1. The van der Waals surface area contributed by atoms with Crippen molar-refractivity contribution >= 4 is 23.2 Å². The van der Waals surface area contributed by atoms with Crippen LogP contribution in [0.2, 0.25) is 5.02 Å². The molecule has 0 unspecified atom stereocenters. The van der Waals surface area contributed by atoms with Gasteiger partial charge in [0, 0.05) is 28.8 Å². The summed E-state index contributed by atoms with van der Waals surface area (Å²) in [7, 11) is 1.93. The molecule has 146 valence electrons. The van der Waals surface area contributed by atoms with Crippen LogP contribution in [0.4, 0.5) is 5.69 Å². The fourth-order valence-electron chi connectivity index (χ4n) is 2.96. The lowest BCUT2D eigenvalue weighted by Crippen LogP contribution is -2.31. The van der Waals surface area contributed by atoms with E-state index >= 15 is 0 Å². The maximum absolute atomic E-state index is 12.3. The van der Waals surface area contributed by atoms with Crippen LogP contribution in [0.15, 0.2) is 59.1 Å². The lowest BCUT2D eigenvalue weighted by Gasteiger charge is -2.16. The van der Waals surface area contributed by atoms with Gasteiger partial charge in [-0.3, -0.25) is 9.69 Å². The van der Waals surface area contributed by atoms with Crippen molar-refractivity contribution in [3.63, 3.8) is 0 Å². The van der Waals surface area contributed by atoms with Crippen LogP contribution in [0.5, 0.6) is 0 Å². The fourth-order valence-corrected chi connectivity index (χ4v) is 3.13. The van der Waals surface area contributed by atoms with Crippen molar-refractivity contribution in [1.29, 1.82) is 0 Å². The standard InChI is InChI=1S/C22H24ClN3O2/c1-16-19(23)11-6-12-20(16)24-22(27)15-26(2)13-7-10-18-14-21(25-28-18)17-8-4-3-5-9-17/h3-6,8-9,11-12,14H,7,10,13,15H2,1-2H3,(H,24,27). The molecule has 0 radical (unpaired) electrons. The molecular formula is C22H24ClN3O2. The predicted octanol–water partition coefficient (Wildman–Crippen LogP) is 4.81. The molecule has 3 aromatic rings. The maximum Gasteiger partial charge on any atom is 0.238 e. The van der Waals surface area contributed by atoms with Crippen LogP contribution >= 0.6 is 11.6 Å². The molecule has 28 heavy (non-hydrogen) atoms. The van der Waals surface area contributed by atoms with Gasteiger partial charge in [-0.05, 0) is 44.6 Å². The van der Waals surface area contributed by atoms with Gasteiger partial charge < -0.3 is 9.84 Å². The minimum absolute atomic E-state index is 0.0566. The van der Waals surface area contributed by atoms with Gasteiger partial charge in [0.1, 0.15) is 11.5 Å². The highest BCUT2D eigenvalue weighted by Gasteiger charge is 2.11. The maximum atomic E-state index is 12.3. The molecule has 5 nitrogen and oxygen atoms in total. The molecule has 0 fully saturated rings. The zero-order valence-electron chi connectivity index (χ0n) is 16.1. The minimum atomic E-state index is -0.0566. The van der Waals surface area contributed by atoms with Crippen molar-refractivity contribution in [2.45, 2.75) is 19.8 Å². The monoisotopic (exact) mass is 397 g/mol. The van der Waals surface area contributed by atoms with Gasteiger partial charge in [0.2, 0.25) is 5.91 Å². The number of aryl methyl sites for hydroxylation is 1. The Labute approximate surface area is 170 Å². The zero-order chi connectivity index (χ0) is 19.9. The Morgan fingerprint density at radius 3 is 2.75 bits per heavy atom. The Hall–Kier alpha value is -2.63. The van der Waals surface area contributed by atoms with Gasteiger partial charge >= 0.3 is 0 Å². The van der Waals surface area contributed by atoms with Crippen molar-refractivity contribution in [3.8, 4) is 11.3 Å². The number of amides is 1. The molecule has 0 atom stereocenters. The van der Waals surface area contributed by atoms with Gasteiger partial charge in [-0.25, -0.2) is 0 Å². The molecule has 0 aliphatic rings. The van der Waals surface area contributed by atoms with E-state index in [0.717, 1.165) is 47.7 Å². The average molecular weight is 398 g/mol. The predicted molar refractivity (Wildman–Crippen MR) is 113 cm³/mol. The molecule has 0 aliphatic heterocycles. The Balaban J connectivity index is 1.43. The van der Waals surface area contributed by atoms with Gasteiger partial charge in [0.15, 0.2) is 0 Å². The third-order valence-electron chi connectivity index (χ3n) is 4.55. The first-order valence-corrected chi connectivity index (χ1v) is 9.65. The normalized spacial score (nSPS) is 11.0. The smallest absolute Gasteiger partial charge is 0.238 e. The number of likely N-dealkylation sites (N-methyl/N-ethyl adjacent to an activating group) is 1. The molecule has 0 aliphatic carbocycles. The quantitative estimate of drug-likeness (QED) is 0.592. The molecule has 0 bridgehead atoms. The summed E-state index contributed by atoms with van der Waals surface area (Å²) < 4.78 is 5.43. The first-order chi connectivity index (χ1) is 13.5. The highest BCUT2D eigenvalue weighted by Crippen LogP contribution is 2.23. The van der Waals surface area contributed by atoms with E-state index < -0.39 is 0 Å². The van der Waals surface area contributed by atoms with Crippen molar-refractivity contribution in [2.75, 3.05) is 25.5 Å². The van der Waals surface area contributed by atoms with Crippen LogP contribution in [-0.4, -0.2) is 36.1 Å². The van der Waals surface area contributed by atoms with Gasteiger partial charge in [-0.2, -0.15) is 0 Å². The Bertz CT molecular complexity index is 925. The number of nitrogens with zero attached hydrogens (tertiary/aromatic N) is 2. The van der Waals surface area contributed by atoms with Crippen LogP contribution in [0.1, 0.15) is 17.7 Å². The molecule has 0 saturated heterocycles. The summed E-state index contributed by atoms with van der Waals surface area (Å²) in [4.78, 5) is 14.2. The Morgan fingerprint density at radius 1 is 1.18 bits per heavy atom. The summed E-state index contributed by atoms with van der Waals surface area (Å²) in [6.45, 7) is 2.99. The van der Waals surface area contributed by atoms with Crippen LogP contribution < -0.4 is 5.32 Å². The Kier molecular flexibility index (Phi) is 6.85. The average Bonchev–Trinajstić information content (AvgIpc) is 3.15. The van der Waals surface area contributed by atoms with Crippen molar-refractivity contribution in [3.05, 3.63) is 70.9 Å². The second-order valence-electron chi connectivity index (χ2n) is 6.85. The largest absolute Gasteiger partial charge is 0.361 e. The van der Waals surface area contributed by atoms with E-state index in [1.54, 1.807) is 0 Å².